The molecule has 1 aromatic heterocycles. The van der Waals surface area contributed by atoms with E-state index in [4.69, 9.17) is 4.74 Å². The van der Waals surface area contributed by atoms with Gasteiger partial charge in [-0.3, -0.25) is 19.3 Å². The lowest BCUT2D eigenvalue weighted by Crippen LogP contribution is -2.70. The van der Waals surface area contributed by atoms with Gasteiger partial charge in [0.1, 0.15) is 18.0 Å². The second kappa shape index (κ2) is 7.86. The Morgan fingerprint density at radius 3 is 2.82 bits per heavy atom. The number of piperidine rings is 1. The Bertz CT molecular complexity index is 1580. The highest BCUT2D eigenvalue weighted by atomic mass is 32.2. The summed E-state index contributed by atoms with van der Waals surface area (Å²) in [5.41, 5.74) is 1.39. The van der Waals surface area contributed by atoms with Gasteiger partial charge in [0.15, 0.2) is 11.4 Å². The summed E-state index contributed by atoms with van der Waals surface area (Å²) >= 11 is 1.67. The van der Waals surface area contributed by atoms with Gasteiger partial charge in [0, 0.05) is 40.9 Å². The van der Waals surface area contributed by atoms with Crippen molar-refractivity contribution in [1.82, 2.24) is 9.58 Å². The van der Waals surface area contributed by atoms with Crippen molar-refractivity contribution >= 4 is 17.7 Å². The number of halogens is 1. The molecule has 194 valence electrons. The van der Waals surface area contributed by atoms with E-state index in [1.807, 2.05) is 24.3 Å². The Morgan fingerprint density at radius 2 is 1.95 bits per heavy atom. The van der Waals surface area contributed by atoms with Crippen LogP contribution in [0.5, 0.6) is 5.75 Å². The van der Waals surface area contributed by atoms with Crippen molar-refractivity contribution in [2.24, 2.45) is 5.92 Å². The molecule has 38 heavy (non-hydrogen) atoms. The van der Waals surface area contributed by atoms with Crippen molar-refractivity contribution in [3.63, 3.8) is 0 Å². The molecule has 1 N–H and O–H groups in total. The highest BCUT2D eigenvalue weighted by Gasteiger charge is 2.63. The average molecular weight is 532 g/mol. The molecule has 3 fully saturated rings. The van der Waals surface area contributed by atoms with Gasteiger partial charge >= 0.3 is 0 Å². The first-order chi connectivity index (χ1) is 18.5. The molecule has 0 unspecified atom stereocenters. The summed E-state index contributed by atoms with van der Waals surface area (Å²) in [5, 5.41) is 13.0. The van der Waals surface area contributed by atoms with Crippen LogP contribution in [0, 0.1) is 11.7 Å². The van der Waals surface area contributed by atoms with Crippen molar-refractivity contribution in [1.29, 1.82) is 0 Å². The SMILES string of the molecule is O=C1c2c(O)c(=O)ccn2N([C@H]2c3ccccc3SCc3cccc(F)c32)[C@@H]2[C@H]3C[C@@H]4CC[C@@]3(CCN12)O4. The van der Waals surface area contributed by atoms with Gasteiger partial charge in [0.05, 0.1) is 11.7 Å². The number of carbonyl (C=O) groups excluding carboxylic acids is 1. The van der Waals surface area contributed by atoms with E-state index in [0.717, 1.165) is 35.3 Å². The van der Waals surface area contributed by atoms with Gasteiger partial charge in [-0.2, -0.15) is 0 Å². The second-order valence-corrected chi connectivity index (χ2v) is 12.0. The lowest BCUT2D eigenvalue weighted by molar-refractivity contribution is -0.0757. The number of ether oxygens (including phenoxy) is 1. The molecule has 0 saturated carbocycles. The molecule has 2 bridgehead atoms. The molecule has 5 aliphatic rings. The van der Waals surface area contributed by atoms with Crippen LogP contribution >= 0.6 is 11.8 Å². The van der Waals surface area contributed by atoms with Crippen LogP contribution in [0.15, 0.2) is 64.4 Å². The van der Waals surface area contributed by atoms with Crippen LogP contribution in [0.3, 0.4) is 0 Å². The molecule has 3 saturated heterocycles. The Labute approximate surface area is 222 Å². The largest absolute Gasteiger partial charge is 0.502 e. The molecule has 1 amide bonds. The Hall–Kier alpha value is -3.30. The topological polar surface area (TPSA) is 75.0 Å². The lowest BCUT2D eigenvalue weighted by Gasteiger charge is -2.57. The van der Waals surface area contributed by atoms with Crippen molar-refractivity contribution in [2.75, 3.05) is 11.6 Å². The number of fused-ring (bicyclic) bond motifs is 6. The monoisotopic (exact) mass is 531 g/mol. The second-order valence-electron chi connectivity index (χ2n) is 11.0. The van der Waals surface area contributed by atoms with E-state index >= 15 is 4.39 Å². The number of amides is 1. The summed E-state index contributed by atoms with van der Waals surface area (Å²) in [6, 6.07) is 13.9. The first kappa shape index (κ1) is 22.7. The molecule has 9 heteroatoms. The molecule has 7 nitrogen and oxygen atoms in total. The van der Waals surface area contributed by atoms with Crippen LogP contribution in [0.1, 0.15) is 58.9 Å². The van der Waals surface area contributed by atoms with Crippen molar-refractivity contribution in [2.45, 2.75) is 60.2 Å². The van der Waals surface area contributed by atoms with E-state index in [9.17, 15) is 14.7 Å². The third-order valence-corrected chi connectivity index (χ3v) is 10.4. The number of pyridine rings is 1. The highest BCUT2D eigenvalue weighted by molar-refractivity contribution is 7.98. The third kappa shape index (κ3) is 2.89. The summed E-state index contributed by atoms with van der Waals surface area (Å²) in [7, 11) is 0. The van der Waals surface area contributed by atoms with E-state index in [1.54, 1.807) is 33.6 Å². The number of rotatable bonds is 1. The van der Waals surface area contributed by atoms with Crippen LogP contribution in [-0.4, -0.2) is 45.0 Å². The molecule has 8 rings (SSSR count). The average Bonchev–Trinajstić information content (AvgIpc) is 3.45. The number of aromatic nitrogens is 1. The van der Waals surface area contributed by atoms with E-state index in [1.165, 1.54) is 12.1 Å². The Kier molecular flexibility index (Phi) is 4.69. The number of benzene rings is 2. The number of carbonyl (C=O) groups is 1. The van der Waals surface area contributed by atoms with Gasteiger partial charge in [0.2, 0.25) is 5.43 Å². The highest BCUT2D eigenvalue weighted by Crippen LogP contribution is 2.57. The first-order valence-electron chi connectivity index (χ1n) is 13.2. The van der Waals surface area contributed by atoms with Gasteiger partial charge in [-0.25, -0.2) is 4.39 Å². The van der Waals surface area contributed by atoms with Crippen LogP contribution < -0.4 is 10.4 Å². The van der Waals surface area contributed by atoms with Crippen LogP contribution in [-0.2, 0) is 10.5 Å². The van der Waals surface area contributed by atoms with Crippen molar-refractivity contribution < 1.29 is 19.0 Å². The molecule has 1 spiro atoms. The number of nitrogens with zero attached hydrogens (tertiary/aromatic N) is 3. The number of aromatic hydroxyl groups is 1. The molecule has 3 aromatic rings. The molecule has 5 aliphatic heterocycles. The molecule has 5 atom stereocenters. The maximum Gasteiger partial charge on any atom is 0.278 e. The zero-order chi connectivity index (χ0) is 25.8. The zero-order valence-corrected chi connectivity index (χ0v) is 21.4. The summed E-state index contributed by atoms with van der Waals surface area (Å²) in [6.07, 6.45) is 4.78. The van der Waals surface area contributed by atoms with Crippen LogP contribution in [0.4, 0.5) is 4.39 Å². The van der Waals surface area contributed by atoms with E-state index < -0.39 is 23.4 Å². The van der Waals surface area contributed by atoms with E-state index in [0.29, 0.717) is 24.3 Å². The summed E-state index contributed by atoms with van der Waals surface area (Å²) in [4.78, 5) is 29.3. The molecule has 0 aliphatic carbocycles. The first-order valence-corrected chi connectivity index (χ1v) is 14.2. The number of hydrogen-bond donors (Lipinski definition) is 1. The van der Waals surface area contributed by atoms with Gasteiger partial charge in [0.25, 0.3) is 5.91 Å². The predicted molar refractivity (Wildman–Crippen MR) is 139 cm³/mol. The predicted octanol–water partition coefficient (Wildman–Crippen LogP) is 4.15. The fourth-order valence-electron chi connectivity index (χ4n) is 7.65. The summed E-state index contributed by atoms with van der Waals surface area (Å²) < 4.78 is 24.1. The summed E-state index contributed by atoms with van der Waals surface area (Å²) in [5.74, 6) is -0.621. The maximum absolute atomic E-state index is 15.9. The minimum atomic E-state index is -0.608. The van der Waals surface area contributed by atoms with Crippen molar-refractivity contribution in [3.05, 3.63) is 93.2 Å². The number of thioether (sulfide) groups is 1. The van der Waals surface area contributed by atoms with Crippen molar-refractivity contribution in [3.8, 4) is 5.75 Å². The molecular formula is C29H26FN3O4S. The van der Waals surface area contributed by atoms with Gasteiger partial charge < -0.3 is 14.7 Å². The molecule has 6 heterocycles. The minimum Gasteiger partial charge on any atom is -0.502 e. The quantitative estimate of drug-likeness (QED) is 0.509. The molecule has 2 aromatic carbocycles. The van der Waals surface area contributed by atoms with Crippen LogP contribution in [0.25, 0.3) is 0 Å². The Balaban J connectivity index is 1.44. The maximum atomic E-state index is 15.9. The third-order valence-electron chi connectivity index (χ3n) is 9.25. The lowest BCUT2D eigenvalue weighted by atomic mass is 9.71. The van der Waals surface area contributed by atoms with Crippen LogP contribution in [0.2, 0.25) is 0 Å². The van der Waals surface area contributed by atoms with Gasteiger partial charge in [-0.1, -0.05) is 30.3 Å². The summed E-state index contributed by atoms with van der Waals surface area (Å²) in [6.45, 7) is 0.443. The minimum absolute atomic E-state index is 0.0203. The van der Waals surface area contributed by atoms with E-state index in [2.05, 4.69) is 11.1 Å². The fourth-order valence-corrected chi connectivity index (χ4v) is 8.73. The smallest absolute Gasteiger partial charge is 0.278 e. The Morgan fingerprint density at radius 1 is 1.08 bits per heavy atom. The standard InChI is InChI=1S/C29H26FN3O4S/c30-20-6-3-4-16-15-38-22-7-2-1-5-18(22)24(23(16)20)33-27-19-14-17-8-10-29(19,37-17)11-13-31(27)28(36)25-26(35)21(34)9-12-32(25)33/h1-7,9,12,17,19,24,27,35H,8,10-11,13-15H2/t17-,19+,24-,27+,29-/m0/s1. The van der Waals surface area contributed by atoms with Gasteiger partial charge in [-0.15, -0.1) is 11.8 Å². The fraction of sp³-hybridized carbons (Fsp3) is 0.379. The zero-order valence-electron chi connectivity index (χ0n) is 20.5. The molecule has 0 radical (unpaired) electrons. The molecular weight excluding hydrogens is 505 g/mol. The van der Waals surface area contributed by atoms with E-state index in [-0.39, 0.29) is 35.0 Å². The van der Waals surface area contributed by atoms with Gasteiger partial charge in [-0.05, 0) is 48.9 Å². The normalized spacial score (nSPS) is 30.7. The number of hydrogen-bond acceptors (Lipinski definition) is 6.